The van der Waals surface area contributed by atoms with Crippen LogP contribution in [0.3, 0.4) is 0 Å². The zero-order valence-corrected chi connectivity index (χ0v) is 17.7. The van der Waals surface area contributed by atoms with Crippen molar-refractivity contribution < 1.29 is 27.5 Å². The van der Waals surface area contributed by atoms with Crippen LogP contribution in [-0.4, -0.2) is 40.6 Å². The first-order valence-corrected chi connectivity index (χ1v) is 10.2. The van der Waals surface area contributed by atoms with E-state index < -0.39 is 17.6 Å². The smallest absolute Gasteiger partial charge is 0.416 e. The molecule has 0 spiro atoms. The second-order valence-corrected chi connectivity index (χ2v) is 7.62. The van der Waals surface area contributed by atoms with Gasteiger partial charge in [0.15, 0.2) is 5.69 Å². The number of aromatic amines is 1. The number of hydrogen-bond donors (Lipinski definition) is 2. The van der Waals surface area contributed by atoms with E-state index in [-0.39, 0.29) is 24.7 Å². The maximum Gasteiger partial charge on any atom is 0.416 e. The normalized spacial score (nSPS) is 13.4. The molecule has 0 radical (unpaired) electrons. The lowest BCUT2D eigenvalue weighted by Gasteiger charge is -2.27. The molecular formula is C23H21F3N4O3. The van der Waals surface area contributed by atoms with Crippen LogP contribution in [0.25, 0.3) is 0 Å². The second-order valence-electron chi connectivity index (χ2n) is 7.62. The molecule has 0 atom stereocenters. The van der Waals surface area contributed by atoms with Crippen molar-refractivity contribution in [2.75, 3.05) is 13.7 Å². The van der Waals surface area contributed by atoms with E-state index in [1.54, 1.807) is 29.2 Å². The van der Waals surface area contributed by atoms with Gasteiger partial charge in [-0.1, -0.05) is 18.2 Å². The molecule has 33 heavy (non-hydrogen) atoms. The predicted molar refractivity (Wildman–Crippen MR) is 113 cm³/mol. The molecule has 3 aromatic rings. The van der Waals surface area contributed by atoms with Crippen molar-refractivity contribution in [2.45, 2.75) is 25.7 Å². The van der Waals surface area contributed by atoms with Crippen LogP contribution in [0.2, 0.25) is 0 Å². The number of aromatic nitrogens is 2. The van der Waals surface area contributed by atoms with Gasteiger partial charge in [0.25, 0.3) is 11.8 Å². The number of benzene rings is 2. The molecule has 2 amide bonds. The number of nitrogens with zero attached hydrogens (tertiary/aromatic N) is 2. The van der Waals surface area contributed by atoms with Gasteiger partial charge in [-0.05, 0) is 35.9 Å². The highest BCUT2D eigenvalue weighted by molar-refractivity contribution is 5.96. The Morgan fingerprint density at radius 1 is 1.18 bits per heavy atom. The molecule has 10 heteroatoms. The Bertz CT molecular complexity index is 1190. The minimum atomic E-state index is -4.46. The fourth-order valence-corrected chi connectivity index (χ4v) is 3.72. The van der Waals surface area contributed by atoms with Gasteiger partial charge in [-0.25, -0.2) is 0 Å². The van der Waals surface area contributed by atoms with Crippen molar-refractivity contribution in [1.82, 2.24) is 20.4 Å². The first kappa shape index (κ1) is 22.4. The number of rotatable bonds is 5. The monoisotopic (exact) mass is 458 g/mol. The maximum atomic E-state index is 13.0. The van der Waals surface area contributed by atoms with Crippen molar-refractivity contribution >= 4 is 11.8 Å². The summed E-state index contributed by atoms with van der Waals surface area (Å²) in [4.78, 5) is 27.3. The Morgan fingerprint density at radius 3 is 2.73 bits per heavy atom. The Labute approximate surface area is 187 Å². The minimum Gasteiger partial charge on any atom is -0.497 e. The average Bonchev–Trinajstić information content (AvgIpc) is 3.25. The molecule has 0 aliphatic carbocycles. The largest absolute Gasteiger partial charge is 0.497 e. The quantitative estimate of drug-likeness (QED) is 0.612. The fraction of sp³-hybridized carbons (Fsp3) is 0.261. The van der Waals surface area contributed by atoms with Crippen LogP contribution < -0.4 is 10.1 Å². The summed E-state index contributed by atoms with van der Waals surface area (Å²) in [6, 6.07) is 11.6. The lowest BCUT2D eigenvalue weighted by molar-refractivity contribution is -0.137. The summed E-state index contributed by atoms with van der Waals surface area (Å²) in [5.41, 5.74) is 1.49. The van der Waals surface area contributed by atoms with Gasteiger partial charge in [-0.15, -0.1) is 0 Å². The van der Waals surface area contributed by atoms with Crippen LogP contribution in [0.1, 0.15) is 43.2 Å². The Balaban J connectivity index is 1.46. The second kappa shape index (κ2) is 8.97. The first-order valence-electron chi connectivity index (χ1n) is 10.2. The summed E-state index contributed by atoms with van der Waals surface area (Å²) in [6.45, 7) is 0.557. The first-order chi connectivity index (χ1) is 15.8. The fourth-order valence-electron chi connectivity index (χ4n) is 3.72. The van der Waals surface area contributed by atoms with Crippen molar-refractivity contribution in [3.63, 3.8) is 0 Å². The summed E-state index contributed by atoms with van der Waals surface area (Å²) < 4.78 is 43.9. The van der Waals surface area contributed by atoms with E-state index in [0.717, 1.165) is 17.8 Å². The molecule has 1 aliphatic heterocycles. The van der Waals surface area contributed by atoms with E-state index >= 15 is 0 Å². The standard InChI is InChI=1S/C23H21F3N4O3/c1-33-17-7-3-5-15(11-17)22(32)30-9-8-19-18(13-30)20(29-28-19)21(31)27-12-14-4-2-6-16(10-14)23(24,25)26/h2-7,10-11H,8-9,12-13H2,1H3,(H,27,31)(H,28,29). The van der Waals surface area contributed by atoms with E-state index in [4.69, 9.17) is 4.74 Å². The molecule has 172 valence electrons. The molecule has 0 saturated carbocycles. The number of H-pyrrole nitrogens is 1. The van der Waals surface area contributed by atoms with Crippen molar-refractivity contribution in [2.24, 2.45) is 0 Å². The van der Waals surface area contributed by atoms with Crippen LogP contribution in [0.15, 0.2) is 48.5 Å². The SMILES string of the molecule is COc1cccc(C(=O)N2CCc3[nH]nc(C(=O)NCc4cccc(C(F)(F)F)c4)c3C2)c1. The van der Waals surface area contributed by atoms with Crippen LogP contribution in [0, 0.1) is 0 Å². The third-order valence-corrected chi connectivity index (χ3v) is 5.46. The number of carbonyl (C=O) groups excluding carboxylic acids is 2. The average molecular weight is 458 g/mol. The number of hydrogen-bond acceptors (Lipinski definition) is 4. The van der Waals surface area contributed by atoms with Gasteiger partial charge in [0.05, 0.1) is 19.2 Å². The van der Waals surface area contributed by atoms with E-state index in [9.17, 15) is 22.8 Å². The number of methoxy groups -OCH3 is 1. The topological polar surface area (TPSA) is 87.3 Å². The molecular weight excluding hydrogens is 437 g/mol. The Hall–Kier alpha value is -3.82. The number of alkyl halides is 3. The lowest BCUT2D eigenvalue weighted by atomic mass is 10.0. The van der Waals surface area contributed by atoms with Gasteiger partial charge in [0.1, 0.15) is 5.75 Å². The van der Waals surface area contributed by atoms with Gasteiger partial charge in [-0.2, -0.15) is 18.3 Å². The highest BCUT2D eigenvalue weighted by atomic mass is 19.4. The summed E-state index contributed by atoms with van der Waals surface area (Å²) in [5.74, 6) is -0.159. The number of carbonyl (C=O) groups is 2. The van der Waals surface area contributed by atoms with Gasteiger partial charge in [0, 0.05) is 36.3 Å². The van der Waals surface area contributed by atoms with Crippen molar-refractivity contribution in [1.29, 1.82) is 0 Å². The van der Waals surface area contributed by atoms with Gasteiger partial charge in [-0.3, -0.25) is 14.7 Å². The molecule has 1 aromatic heterocycles. The highest BCUT2D eigenvalue weighted by Crippen LogP contribution is 2.29. The number of amides is 2. The Kier molecular flexibility index (Phi) is 6.08. The van der Waals surface area contributed by atoms with Crippen LogP contribution in [0.5, 0.6) is 5.75 Å². The van der Waals surface area contributed by atoms with Gasteiger partial charge >= 0.3 is 6.18 Å². The molecule has 0 bridgehead atoms. The summed E-state index contributed by atoms with van der Waals surface area (Å²) >= 11 is 0. The van der Waals surface area contributed by atoms with Crippen LogP contribution in [-0.2, 0) is 25.7 Å². The predicted octanol–water partition coefficient (Wildman–Crippen LogP) is 3.57. The summed E-state index contributed by atoms with van der Waals surface area (Å²) in [6.07, 6.45) is -3.96. The maximum absolute atomic E-state index is 13.0. The Morgan fingerprint density at radius 2 is 1.97 bits per heavy atom. The minimum absolute atomic E-state index is 0.0865. The third kappa shape index (κ3) is 4.84. The van der Waals surface area contributed by atoms with Gasteiger partial charge < -0.3 is 15.0 Å². The molecule has 0 saturated heterocycles. The van der Waals surface area contributed by atoms with Crippen molar-refractivity contribution in [3.8, 4) is 5.75 Å². The van der Waals surface area contributed by atoms with Crippen LogP contribution in [0.4, 0.5) is 13.2 Å². The van der Waals surface area contributed by atoms with Crippen molar-refractivity contribution in [3.05, 3.63) is 82.2 Å². The molecule has 2 aromatic carbocycles. The number of ether oxygens (including phenoxy) is 1. The zero-order valence-electron chi connectivity index (χ0n) is 17.7. The zero-order chi connectivity index (χ0) is 23.6. The molecule has 1 aliphatic rings. The molecule has 7 nitrogen and oxygen atoms in total. The number of fused-ring (bicyclic) bond motifs is 1. The van der Waals surface area contributed by atoms with Crippen LogP contribution >= 0.6 is 0 Å². The molecule has 2 N–H and O–H groups in total. The highest BCUT2D eigenvalue weighted by Gasteiger charge is 2.31. The van der Waals surface area contributed by atoms with E-state index in [2.05, 4.69) is 15.5 Å². The van der Waals surface area contributed by atoms with E-state index in [1.807, 2.05) is 0 Å². The summed E-state index contributed by atoms with van der Waals surface area (Å²) in [7, 11) is 1.52. The number of nitrogens with one attached hydrogen (secondary N) is 2. The van der Waals surface area contributed by atoms with E-state index in [0.29, 0.717) is 35.4 Å². The molecule has 0 fully saturated rings. The third-order valence-electron chi connectivity index (χ3n) is 5.46. The summed E-state index contributed by atoms with van der Waals surface area (Å²) in [5, 5.41) is 9.53. The van der Waals surface area contributed by atoms with E-state index in [1.165, 1.54) is 19.2 Å². The lowest BCUT2D eigenvalue weighted by Crippen LogP contribution is -2.36. The van der Waals surface area contributed by atoms with Gasteiger partial charge in [0.2, 0.25) is 0 Å². The molecule has 2 heterocycles. The number of halogens is 3. The molecule has 0 unspecified atom stereocenters. The molecule has 4 rings (SSSR count).